The average molecular weight is 214 g/mol. The van der Waals surface area contributed by atoms with Crippen molar-refractivity contribution in [2.45, 2.75) is 11.8 Å². The highest BCUT2D eigenvalue weighted by Crippen LogP contribution is 2.23. The summed E-state index contributed by atoms with van der Waals surface area (Å²) in [4.78, 5) is 10.2. The van der Waals surface area contributed by atoms with Gasteiger partial charge in [-0.2, -0.15) is 0 Å². The normalized spacial score (nSPS) is 10.9. The van der Waals surface area contributed by atoms with Gasteiger partial charge in [-0.15, -0.1) is 0 Å². The molecule has 0 aromatic heterocycles. The molecule has 0 heterocycles. The summed E-state index contributed by atoms with van der Waals surface area (Å²) in [5, 5.41) is 0. The number of benzene rings is 1. The van der Waals surface area contributed by atoms with E-state index < -0.39 is 9.84 Å². The largest absolute Gasteiger partial charge is 0.427 e. The monoisotopic (exact) mass is 214 g/mol. The van der Waals surface area contributed by atoms with E-state index in [1.807, 2.05) is 0 Å². The molecule has 0 bridgehead atoms. The fourth-order valence-electron chi connectivity index (χ4n) is 1.01. The quantitative estimate of drug-likeness (QED) is 0.702. The van der Waals surface area contributed by atoms with Gasteiger partial charge in [-0.1, -0.05) is 19.1 Å². The Kier molecular flexibility index (Phi) is 3.24. The van der Waals surface area contributed by atoms with Crippen molar-refractivity contribution >= 4 is 16.3 Å². The first-order valence-electron chi connectivity index (χ1n) is 4.04. The van der Waals surface area contributed by atoms with Crippen LogP contribution in [-0.4, -0.2) is 20.6 Å². The van der Waals surface area contributed by atoms with E-state index in [0.717, 1.165) is 0 Å². The van der Waals surface area contributed by atoms with Gasteiger partial charge >= 0.3 is 0 Å². The van der Waals surface area contributed by atoms with Crippen molar-refractivity contribution in [1.82, 2.24) is 0 Å². The predicted molar refractivity (Wildman–Crippen MR) is 50.9 cm³/mol. The molecule has 1 aromatic rings. The summed E-state index contributed by atoms with van der Waals surface area (Å²) in [5.74, 6) is 0.0519. The molecule has 0 saturated heterocycles. The lowest BCUT2D eigenvalue weighted by Crippen LogP contribution is -2.06. The first-order valence-corrected chi connectivity index (χ1v) is 5.69. The zero-order chi connectivity index (χ0) is 10.6. The van der Waals surface area contributed by atoms with Crippen LogP contribution in [0.1, 0.15) is 6.92 Å². The average Bonchev–Trinajstić information content (AvgIpc) is 2.19. The summed E-state index contributed by atoms with van der Waals surface area (Å²) in [6, 6.07) is 6.04. The zero-order valence-electron chi connectivity index (χ0n) is 7.64. The molecule has 76 valence electrons. The third-order valence-corrected chi connectivity index (χ3v) is 3.51. The maximum atomic E-state index is 11.5. The van der Waals surface area contributed by atoms with Crippen LogP contribution in [0.4, 0.5) is 0 Å². The van der Waals surface area contributed by atoms with Crippen LogP contribution in [0.3, 0.4) is 0 Å². The number of hydrogen-bond acceptors (Lipinski definition) is 4. The molecule has 0 N–H and O–H groups in total. The molecule has 0 saturated carbocycles. The van der Waals surface area contributed by atoms with E-state index in [9.17, 15) is 13.2 Å². The summed E-state index contributed by atoms with van der Waals surface area (Å²) in [7, 11) is -3.33. The Morgan fingerprint density at radius 3 is 2.57 bits per heavy atom. The van der Waals surface area contributed by atoms with Crippen molar-refractivity contribution in [1.29, 1.82) is 0 Å². The molecule has 0 atom stereocenters. The van der Waals surface area contributed by atoms with Crippen LogP contribution in [0.25, 0.3) is 0 Å². The van der Waals surface area contributed by atoms with Crippen molar-refractivity contribution < 1.29 is 17.9 Å². The molecule has 1 rings (SSSR count). The Hall–Kier alpha value is -1.36. The van der Waals surface area contributed by atoms with E-state index in [1.165, 1.54) is 19.1 Å². The molecule has 0 aliphatic heterocycles. The predicted octanol–water partition coefficient (Wildman–Crippen LogP) is 1.02. The van der Waals surface area contributed by atoms with Crippen molar-refractivity contribution in [3.8, 4) is 5.75 Å². The van der Waals surface area contributed by atoms with Crippen LogP contribution in [0.2, 0.25) is 0 Å². The van der Waals surface area contributed by atoms with Gasteiger partial charge in [0.25, 0.3) is 6.47 Å². The molecule has 0 unspecified atom stereocenters. The topological polar surface area (TPSA) is 60.4 Å². The number of carbonyl (C=O) groups is 1. The van der Waals surface area contributed by atoms with Crippen LogP contribution in [0, 0.1) is 0 Å². The number of para-hydroxylation sites is 1. The van der Waals surface area contributed by atoms with Gasteiger partial charge in [0.1, 0.15) is 10.6 Å². The van der Waals surface area contributed by atoms with Crippen molar-refractivity contribution in [2.75, 3.05) is 5.75 Å². The highest BCUT2D eigenvalue weighted by molar-refractivity contribution is 7.91. The molecule has 4 nitrogen and oxygen atoms in total. The SMILES string of the molecule is CCS(=O)(=O)c1ccccc1OC=O. The molecule has 5 heteroatoms. The highest BCUT2D eigenvalue weighted by Gasteiger charge is 2.16. The number of rotatable bonds is 4. The third-order valence-electron chi connectivity index (χ3n) is 1.74. The highest BCUT2D eigenvalue weighted by atomic mass is 32.2. The summed E-state index contributed by atoms with van der Waals surface area (Å²) in [5.41, 5.74) is 0. The second-order valence-corrected chi connectivity index (χ2v) is 4.81. The molecule has 0 aliphatic carbocycles. The van der Waals surface area contributed by atoms with Crippen molar-refractivity contribution in [2.24, 2.45) is 0 Å². The smallest absolute Gasteiger partial charge is 0.298 e. The number of sulfone groups is 1. The molecule has 1 aromatic carbocycles. The summed E-state index contributed by atoms with van der Waals surface area (Å²) in [6.45, 7) is 1.75. The fraction of sp³-hybridized carbons (Fsp3) is 0.222. The standard InChI is InChI=1S/C9H10O4S/c1-2-14(11,12)9-6-4-3-5-8(9)13-7-10/h3-7H,2H2,1H3. The second-order valence-electron chi connectivity index (χ2n) is 2.56. The number of hydrogen-bond donors (Lipinski definition) is 0. The van der Waals surface area contributed by atoms with Gasteiger partial charge in [-0.25, -0.2) is 8.42 Å². The lowest BCUT2D eigenvalue weighted by atomic mass is 10.3. The molecule has 14 heavy (non-hydrogen) atoms. The van der Waals surface area contributed by atoms with Gasteiger partial charge in [0.15, 0.2) is 9.84 Å². The van der Waals surface area contributed by atoms with E-state index >= 15 is 0 Å². The molecule has 0 fully saturated rings. The second kappa shape index (κ2) is 4.23. The van der Waals surface area contributed by atoms with E-state index in [-0.39, 0.29) is 22.9 Å². The lowest BCUT2D eigenvalue weighted by Gasteiger charge is -2.05. The molecule has 0 radical (unpaired) electrons. The molecule has 0 amide bonds. The third kappa shape index (κ3) is 2.11. The Labute approximate surface area is 82.4 Å². The first kappa shape index (κ1) is 10.7. The van der Waals surface area contributed by atoms with Crippen LogP contribution in [-0.2, 0) is 14.6 Å². The van der Waals surface area contributed by atoms with Gasteiger partial charge in [0, 0.05) is 0 Å². The summed E-state index contributed by atoms with van der Waals surface area (Å²) in [6.07, 6.45) is 0. The van der Waals surface area contributed by atoms with Crippen molar-refractivity contribution in [3.63, 3.8) is 0 Å². The Morgan fingerprint density at radius 1 is 1.36 bits per heavy atom. The molecular weight excluding hydrogens is 204 g/mol. The molecule has 0 spiro atoms. The number of carbonyl (C=O) groups excluding carboxylic acids is 1. The maximum absolute atomic E-state index is 11.5. The molecule has 0 aliphatic rings. The van der Waals surface area contributed by atoms with E-state index in [0.29, 0.717) is 0 Å². The van der Waals surface area contributed by atoms with Crippen LogP contribution < -0.4 is 4.74 Å². The van der Waals surface area contributed by atoms with Gasteiger partial charge in [-0.3, -0.25) is 4.79 Å². The minimum absolute atomic E-state index is 0.0216. The maximum Gasteiger partial charge on any atom is 0.298 e. The Balaban J connectivity index is 3.26. The fourth-order valence-corrected chi connectivity index (χ4v) is 2.03. The van der Waals surface area contributed by atoms with E-state index in [4.69, 9.17) is 0 Å². The minimum Gasteiger partial charge on any atom is -0.427 e. The summed E-state index contributed by atoms with van der Waals surface area (Å²) >= 11 is 0. The Bertz CT molecular complexity index is 422. The van der Waals surface area contributed by atoms with Crippen molar-refractivity contribution in [3.05, 3.63) is 24.3 Å². The van der Waals surface area contributed by atoms with E-state index in [1.54, 1.807) is 12.1 Å². The zero-order valence-corrected chi connectivity index (χ0v) is 8.45. The van der Waals surface area contributed by atoms with Gasteiger partial charge in [0.05, 0.1) is 5.75 Å². The van der Waals surface area contributed by atoms with Crippen LogP contribution in [0.15, 0.2) is 29.2 Å². The summed E-state index contributed by atoms with van der Waals surface area (Å²) < 4.78 is 27.6. The van der Waals surface area contributed by atoms with Gasteiger partial charge in [0.2, 0.25) is 0 Å². The number of ether oxygens (including phenoxy) is 1. The van der Waals surface area contributed by atoms with Crippen LogP contribution >= 0.6 is 0 Å². The van der Waals surface area contributed by atoms with Crippen LogP contribution in [0.5, 0.6) is 5.75 Å². The van der Waals surface area contributed by atoms with Gasteiger partial charge < -0.3 is 4.74 Å². The Morgan fingerprint density at radius 2 is 2.00 bits per heavy atom. The van der Waals surface area contributed by atoms with E-state index in [2.05, 4.69) is 4.74 Å². The minimum atomic E-state index is -3.33. The van der Waals surface area contributed by atoms with Gasteiger partial charge in [-0.05, 0) is 12.1 Å². The first-order chi connectivity index (χ1) is 6.61. The molecular formula is C9H10O4S. The lowest BCUT2D eigenvalue weighted by molar-refractivity contribution is -0.120.